The van der Waals surface area contributed by atoms with Gasteiger partial charge in [0.05, 0.1) is 42.0 Å². The van der Waals surface area contributed by atoms with E-state index in [-0.39, 0.29) is 24.2 Å². The molecule has 9 nitrogen and oxygen atoms in total. The molecule has 1 N–H and O–H groups in total. The van der Waals surface area contributed by atoms with E-state index in [1.54, 1.807) is 0 Å². The van der Waals surface area contributed by atoms with E-state index in [2.05, 4.69) is 40.4 Å². The smallest absolute Gasteiger partial charge is 0.416 e. The van der Waals surface area contributed by atoms with Gasteiger partial charge in [-0.25, -0.2) is 9.69 Å². The SMILES string of the molecule is C=C[C@@]1(C)CC[C@H]([C@@]23CC[C@@](C)(C[C@H]([C@@H](O)[C@H](C/C(C)=C/CO[Si](C)(C)C(C)(C)C)C(=O)N4C(=O)OC[C@@H]4Cc4ccccc4)O2)O3)O1. The van der Waals surface area contributed by atoms with Gasteiger partial charge in [-0.3, -0.25) is 4.79 Å². The van der Waals surface area contributed by atoms with Crippen LogP contribution in [0.3, 0.4) is 0 Å². The predicted molar refractivity (Wildman–Crippen MR) is 187 cm³/mol. The molecule has 0 spiro atoms. The maximum Gasteiger partial charge on any atom is 0.416 e. The minimum atomic E-state index is -1.99. The van der Waals surface area contributed by atoms with E-state index < -0.39 is 61.5 Å². The summed E-state index contributed by atoms with van der Waals surface area (Å²) >= 11 is 0. The molecule has 1 aromatic rings. The van der Waals surface area contributed by atoms with Crippen molar-refractivity contribution < 1.29 is 38.1 Å². The van der Waals surface area contributed by atoms with Crippen molar-refractivity contribution in [2.24, 2.45) is 5.92 Å². The normalized spacial score (nSPS) is 33.9. The molecule has 1 aromatic carbocycles. The van der Waals surface area contributed by atoms with Gasteiger partial charge < -0.3 is 28.5 Å². The number of aliphatic hydroxyl groups is 1. The third kappa shape index (κ3) is 7.69. The average Bonchev–Trinajstić information content (AvgIpc) is 3.68. The van der Waals surface area contributed by atoms with Crippen LogP contribution < -0.4 is 0 Å². The second-order valence-corrected chi connectivity index (χ2v) is 21.2. The van der Waals surface area contributed by atoms with Gasteiger partial charge in [-0.2, -0.15) is 0 Å². The quantitative estimate of drug-likeness (QED) is 0.184. The molecule has 266 valence electrons. The van der Waals surface area contributed by atoms with Crippen molar-refractivity contribution in [1.29, 1.82) is 0 Å². The molecule has 4 aliphatic rings. The highest BCUT2D eigenvalue weighted by atomic mass is 28.4. The van der Waals surface area contributed by atoms with Crippen LogP contribution in [0.15, 0.2) is 54.6 Å². The number of carbonyl (C=O) groups is 2. The Morgan fingerprint density at radius 3 is 2.52 bits per heavy atom. The number of aliphatic hydroxyl groups excluding tert-OH is 1. The number of ether oxygens (including phenoxy) is 4. The first-order valence-electron chi connectivity index (χ1n) is 17.6. The maximum atomic E-state index is 14.6. The average molecular weight is 684 g/mol. The lowest BCUT2D eigenvalue weighted by Gasteiger charge is -2.47. The van der Waals surface area contributed by atoms with Gasteiger partial charge >= 0.3 is 6.09 Å². The molecule has 2 amide bonds. The number of amides is 2. The van der Waals surface area contributed by atoms with Crippen molar-refractivity contribution in [3.05, 3.63) is 60.2 Å². The number of fused-ring (bicyclic) bond motifs is 2. The zero-order valence-electron chi connectivity index (χ0n) is 30.3. The number of imide groups is 1. The number of carbonyl (C=O) groups excluding carboxylic acids is 2. The Labute approximate surface area is 288 Å². The molecule has 0 aliphatic carbocycles. The molecule has 4 fully saturated rings. The van der Waals surface area contributed by atoms with E-state index in [1.807, 2.05) is 63.3 Å². The molecule has 0 aromatic heterocycles. The van der Waals surface area contributed by atoms with Crippen LogP contribution in [0, 0.1) is 5.92 Å². The Morgan fingerprint density at radius 1 is 1.17 bits per heavy atom. The third-order valence-electron chi connectivity index (χ3n) is 11.5. The van der Waals surface area contributed by atoms with E-state index in [1.165, 1.54) is 4.90 Å². The van der Waals surface area contributed by atoms with Crippen LogP contribution in [0.1, 0.15) is 85.6 Å². The molecule has 5 rings (SSSR count). The standard InChI is InChI=1S/C38H57NO8Si/c1-10-36(6)18-16-31(46-36)38-20-19-37(7,47-38)24-30(45-38)32(40)29(22-26(2)17-21-44-48(8,9)35(3,4)5)33(41)39-28(25-43-34(39)42)23-27-14-12-11-13-15-27/h10-15,17,28-32,40H,1,16,18-25H2,2-9H3/b26-17+/t28-,29-,30+,31+,32-,36-,37-,38-/m0/s1. The van der Waals surface area contributed by atoms with E-state index in [0.717, 1.165) is 30.4 Å². The van der Waals surface area contributed by atoms with Gasteiger partial charge in [-0.1, -0.05) is 68.8 Å². The fourth-order valence-electron chi connectivity index (χ4n) is 7.32. The fraction of sp³-hybridized carbons (Fsp3) is 0.684. The summed E-state index contributed by atoms with van der Waals surface area (Å²) in [5, 5.41) is 12.3. The number of allylic oxidation sites excluding steroid dienone is 1. The number of hydrogen-bond acceptors (Lipinski definition) is 8. The molecular formula is C38H57NO8Si. The summed E-state index contributed by atoms with van der Waals surface area (Å²) in [6.07, 6.45) is 4.93. The fourth-order valence-corrected chi connectivity index (χ4v) is 8.25. The van der Waals surface area contributed by atoms with Crippen LogP contribution in [-0.4, -0.2) is 84.9 Å². The monoisotopic (exact) mass is 683 g/mol. The second kappa shape index (κ2) is 13.8. The molecule has 48 heavy (non-hydrogen) atoms. The first kappa shape index (κ1) is 36.9. The van der Waals surface area contributed by atoms with Gasteiger partial charge in [0.25, 0.3) is 0 Å². The summed E-state index contributed by atoms with van der Waals surface area (Å²) in [4.78, 5) is 28.9. The Bertz CT molecular complexity index is 1380. The molecule has 0 unspecified atom stereocenters. The Morgan fingerprint density at radius 2 is 1.88 bits per heavy atom. The van der Waals surface area contributed by atoms with Crippen LogP contribution in [0.5, 0.6) is 0 Å². The van der Waals surface area contributed by atoms with Crippen molar-refractivity contribution in [3.63, 3.8) is 0 Å². The van der Waals surface area contributed by atoms with Gasteiger partial charge in [-0.15, -0.1) is 6.58 Å². The largest absolute Gasteiger partial charge is 0.447 e. The van der Waals surface area contributed by atoms with Crippen LogP contribution in [0.2, 0.25) is 18.1 Å². The highest BCUT2D eigenvalue weighted by molar-refractivity contribution is 6.74. The topological polar surface area (TPSA) is 104 Å². The van der Waals surface area contributed by atoms with Crippen LogP contribution in [0.25, 0.3) is 0 Å². The summed E-state index contributed by atoms with van der Waals surface area (Å²) in [6.45, 7) is 21.5. The number of nitrogens with zero attached hydrogens (tertiary/aromatic N) is 1. The lowest BCUT2D eigenvalue weighted by atomic mass is 9.84. The van der Waals surface area contributed by atoms with Crippen LogP contribution in [-0.2, 0) is 34.6 Å². The Balaban J connectivity index is 1.41. The second-order valence-electron chi connectivity index (χ2n) is 16.4. The first-order valence-corrected chi connectivity index (χ1v) is 20.5. The lowest BCUT2D eigenvalue weighted by Crippen LogP contribution is -2.58. The van der Waals surface area contributed by atoms with Gasteiger partial charge in [0, 0.05) is 12.8 Å². The van der Waals surface area contributed by atoms with Crippen molar-refractivity contribution in [1.82, 2.24) is 4.90 Å². The molecule has 10 heteroatoms. The molecule has 0 radical (unpaired) electrons. The molecule has 8 atom stereocenters. The van der Waals surface area contributed by atoms with Crippen molar-refractivity contribution in [2.75, 3.05) is 13.2 Å². The van der Waals surface area contributed by atoms with E-state index in [9.17, 15) is 14.7 Å². The lowest BCUT2D eigenvalue weighted by molar-refractivity contribution is -0.358. The molecule has 4 heterocycles. The Kier molecular flexibility index (Phi) is 10.6. The van der Waals surface area contributed by atoms with E-state index in [4.69, 9.17) is 23.4 Å². The van der Waals surface area contributed by atoms with E-state index >= 15 is 0 Å². The van der Waals surface area contributed by atoms with Crippen molar-refractivity contribution in [2.45, 2.75) is 146 Å². The molecular weight excluding hydrogens is 627 g/mol. The molecule has 2 bridgehead atoms. The van der Waals surface area contributed by atoms with Gasteiger partial charge in [0.15, 0.2) is 14.1 Å². The summed E-state index contributed by atoms with van der Waals surface area (Å²) in [5.74, 6) is -2.44. The molecule has 4 saturated heterocycles. The van der Waals surface area contributed by atoms with Crippen LogP contribution >= 0.6 is 0 Å². The van der Waals surface area contributed by atoms with E-state index in [0.29, 0.717) is 25.9 Å². The summed E-state index contributed by atoms with van der Waals surface area (Å²) in [6, 6.07) is 9.27. The minimum absolute atomic E-state index is 0.0608. The molecule has 4 aliphatic heterocycles. The maximum absolute atomic E-state index is 14.6. The van der Waals surface area contributed by atoms with Gasteiger partial charge in [-0.05, 0) is 76.6 Å². The summed E-state index contributed by atoms with van der Waals surface area (Å²) < 4.78 is 31.7. The zero-order chi connectivity index (χ0) is 35.1. The molecule has 0 saturated carbocycles. The number of hydrogen-bond donors (Lipinski definition) is 1. The van der Waals surface area contributed by atoms with Crippen molar-refractivity contribution in [3.8, 4) is 0 Å². The zero-order valence-corrected chi connectivity index (χ0v) is 31.3. The highest BCUT2D eigenvalue weighted by Gasteiger charge is 2.62. The summed E-state index contributed by atoms with van der Waals surface area (Å²) in [5.41, 5.74) is 0.873. The van der Waals surface area contributed by atoms with Crippen LogP contribution in [0.4, 0.5) is 4.79 Å². The number of benzene rings is 1. The van der Waals surface area contributed by atoms with Gasteiger partial charge in [0.2, 0.25) is 5.91 Å². The predicted octanol–water partition coefficient (Wildman–Crippen LogP) is 7.09. The summed E-state index contributed by atoms with van der Waals surface area (Å²) in [7, 11) is -1.99. The Hall–Kier alpha value is -2.34. The third-order valence-corrected chi connectivity index (χ3v) is 16.0. The number of rotatable bonds is 12. The van der Waals surface area contributed by atoms with Gasteiger partial charge in [0.1, 0.15) is 12.7 Å². The van der Waals surface area contributed by atoms with Crippen molar-refractivity contribution >= 4 is 20.3 Å². The minimum Gasteiger partial charge on any atom is -0.447 e. The number of cyclic esters (lactones) is 1. The highest BCUT2D eigenvalue weighted by Crippen LogP contribution is 2.53. The first-order chi connectivity index (χ1) is 22.4.